The second kappa shape index (κ2) is 4.90. The van der Waals surface area contributed by atoms with Gasteiger partial charge in [0.1, 0.15) is 0 Å². The highest BCUT2D eigenvalue weighted by Gasteiger charge is 2.14. The van der Waals surface area contributed by atoms with Crippen LogP contribution in [-0.4, -0.2) is 10.4 Å². The second-order valence-electron chi connectivity index (χ2n) is 4.49. The lowest BCUT2D eigenvalue weighted by molar-refractivity contribution is 0.0970. The summed E-state index contributed by atoms with van der Waals surface area (Å²) in [6.07, 6.45) is 1.66. The van der Waals surface area contributed by atoms with E-state index in [1.807, 2.05) is 32.9 Å². The summed E-state index contributed by atoms with van der Waals surface area (Å²) >= 11 is 1.11. The first-order chi connectivity index (χ1) is 8.49. The van der Waals surface area contributed by atoms with Gasteiger partial charge in [-0.15, -0.1) is 0 Å². The molecule has 0 amide bonds. The zero-order chi connectivity index (χ0) is 13.3. The molecule has 1 aromatic heterocycles. The molecule has 0 atom stereocenters. The Morgan fingerprint density at radius 1 is 1.22 bits per heavy atom. The van der Waals surface area contributed by atoms with E-state index in [9.17, 15) is 9.59 Å². The molecule has 18 heavy (non-hydrogen) atoms. The van der Waals surface area contributed by atoms with Crippen LogP contribution in [0, 0.1) is 20.8 Å². The number of hydrogen-bond donors (Lipinski definition) is 0. The molecule has 94 valence electrons. The second-order valence-corrected chi connectivity index (χ2v) is 5.35. The zero-order valence-corrected chi connectivity index (χ0v) is 11.5. The Labute approximate surface area is 110 Å². The highest BCUT2D eigenvalue weighted by Crippen LogP contribution is 2.17. The minimum atomic E-state index is -0.0919. The molecule has 0 saturated heterocycles. The molecule has 4 heteroatoms. The topological polar surface area (TPSA) is 39.1 Å². The number of rotatable bonds is 3. The average Bonchev–Trinajstić information content (AvgIpc) is 2.62. The SMILES string of the molecule is Cc1cc(C)c(C(=O)Cn2ccsc2=O)c(C)c1. The summed E-state index contributed by atoms with van der Waals surface area (Å²) in [4.78, 5) is 23.6. The van der Waals surface area contributed by atoms with Crippen molar-refractivity contribution in [3.8, 4) is 0 Å². The Morgan fingerprint density at radius 3 is 2.33 bits per heavy atom. The average molecular weight is 261 g/mol. The lowest BCUT2D eigenvalue weighted by Gasteiger charge is -2.10. The van der Waals surface area contributed by atoms with E-state index < -0.39 is 0 Å². The van der Waals surface area contributed by atoms with Crippen LogP contribution in [-0.2, 0) is 6.54 Å². The van der Waals surface area contributed by atoms with E-state index in [-0.39, 0.29) is 17.2 Å². The molecule has 0 aliphatic carbocycles. The summed E-state index contributed by atoms with van der Waals surface area (Å²) < 4.78 is 1.45. The Bertz CT molecular complexity index is 629. The van der Waals surface area contributed by atoms with Crippen LogP contribution in [0.3, 0.4) is 0 Å². The van der Waals surface area contributed by atoms with Gasteiger partial charge in [-0.1, -0.05) is 29.0 Å². The first-order valence-corrected chi connectivity index (χ1v) is 6.62. The minimum Gasteiger partial charge on any atom is -0.298 e. The van der Waals surface area contributed by atoms with Gasteiger partial charge in [-0.3, -0.25) is 14.2 Å². The molecule has 1 aromatic carbocycles. The number of aryl methyl sites for hydroxylation is 3. The van der Waals surface area contributed by atoms with Crippen molar-refractivity contribution in [1.29, 1.82) is 0 Å². The quantitative estimate of drug-likeness (QED) is 0.797. The lowest BCUT2D eigenvalue weighted by atomic mass is 9.96. The van der Waals surface area contributed by atoms with Gasteiger partial charge >= 0.3 is 4.87 Å². The van der Waals surface area contributed by atoms with Gasteiger partial charge in [-0.2, -0.15) is 0 Å². The number of carbonyl (C=O) groups excluding carboxylic acids is 1. The third kappa shape index (κ3) is 2.43. The van der Waals surface area contributed by atoms with Crippen molar-refractivity contribution >= 4 is 17.1 Å². The number of Topliss-reactive ketones (excluding diaryl/α,β-unsaturated/α-hetero) is 1. The molecule has 0 spiro atoms. The highest BCUT2D eigenvalue weighted by atomic mass is 32.1. The van der Waals surface area contributed by atoms with Crippen molar-refractivity contribution in [2.24, 2.45) is 0 Å². The predicted octanol–water partition coefficient (Wildman–Crippen LogP) is 2.72. The summed E-state index contributed by atoms with van der Waals surface area (Å²) in [6.45, 7) is 6.00. The molecule has 2 aromatic rings. The largest absolute Gasteiger partial charge is 0.307 e. The van der Waals surface area contributed by atoms with Crippen LogP contribution >= 0.6 is 11.3 Å². The third-order valence-corrected chi connectivity index (χ3v) is 3.61. The summed E-state index contributed by atoms with van der Waals surface area (Å²) in [5.74, 6) is -0.00880. The van der Waals surface area contributed by atoms with Crippen LogP contribution in [0.15, 0.2) is 28.5 Å². The van der Waals surface area contributed by atoms with Gasteiger partial charge in [0, 0.05) is 17.1 Å². The fourth-order valence-electron chi connectivity index (χ4n) is 2.26. The monoisotopic (exact) mass is 261 g/mol. The zero-order valence-electron chi connectivity index (χ0n) is 10.7. The van der Waals surface area contributed by atoms with Crippen molar-refractivity contribution in [2.45, 2.75) is 27.3 Å². The summed E-state index contributed by atoms with van der Waals surface area (Å²) in [7, 11) is 0. The Kier molecular flexibility index (Phi) is 3.48. The van der Waals surface area contributed by atoms with E-state index in [1.54, 1.807) is 11.6 Å². The van der Waals surface area contributed by atoms with E-state index in [0.717, 1.165) is 33.6 Å². The van der Waals surface area contributed by atoms with Crippen molar-refractivity contribution < 1.29 is 4.79 Å². The molecule has 3 nitrogen and oxygen atoms in total. The molecule has 0 radical (unpaired) electrons. The van der Waals surface area contributed by atoms with Crippen LogP contribution < -0.4 is 4.87 Å². The maximum atomic E-state index is 12.3. The van der Waals surface area contributed by atoms with Gasteiger partial charge in [0.25, 0.3) is 0 Å². The molecule has 0 unspecified atom stereocenters. The van der Waals surface area contributed by atoms with Gasteiger partial charge in [-0.05, 0) is 31.9 Å². The molecule has 0 N–H and O–H groups in total. The van der Waals surface area contributed by atoms with Crippen molar-refractivity contribution in [2.75, 3.05) is 0 Å². The van der Waals surface area contributed by atoms with Gasteiger partial charge < -0.3 is 0 Å². The van der Waals surface area contributed by atoms with Crippen molar-refractivity contribution in [3.63, 3.8) is 0 Å². The van der Waals surface area contributed by atoms with Gasteiger partial charge in [0.2, 0.25) is 0 Å². The smallest absolute Gasteiger partial charge is 0.298 e. The first-order valence-electron chi connectivity index (χ1n) is 5.74. The summed E-state index contributed by atoms with van der Waals surface area (Å²) in [6, 6.07) is 3.99. The van der Waals surface area contributed by atoms with Crippen LogP contribution in [0.25, 0.3) is 0 Å². The normalized spacial score (nSPS) is 10.6. The number of aromatic nitrogens is 1. The van der Waals surface area contributed by atoms with Gasteiger partial charge in [-0.25, -0.2) is 0 Å². The van der Waals surface area contributed by atoms with Crippen LogP contribution in [0.5, 0.6) is 0 Å². The molecule has 2 rings (SSSR count). The lowest BCUT2D eigenvalue weighted by Crippen LogP contribution is -2.19. The molecule has 1 heterocycles. The van der Waals surface area contributed by atoms with E-state index >= 15 is 0 Å². The van der Waals surface area contributed by atoms with E-state index in [0.29, 0.717) is 0 Å². The van der Waals surface area contributed by atoms with Gasteiger partial charge in [0.15, 0.2) is 5.78 Å². The molecule has 0 saturated carbocycles. The third-order valence-electron chi connectivity index (χ3n) is 2.91. The number of ketones is 1. The fourth-order valence-corrected chi connectivity index (χ4v) is 2.85. The van der Waals surface area contributed by atoms with E-state index in [1.165, 1.54) is 4.57 Å². The molecule has 0 aliphatic rings. The molecule has 0 aliphatic heterocycles. The van der Waals surface area contributed by atoms with Crippen LogP contribution in [0.2, 0.25) is 0 Å². The van der Waals surface area contributed by atoms with Crippen molar-refractivity contribution in [3.05, 3.63) is 55.6 Å². The molecular formula is C14H15NO2S. The summed E-state index contributed by atoms with van der Waals surface area (Å²) in [5.41, 5.74) is 3.83. The number of benzene rings is 1. The minimum absolute atomic E-state index is 0.00880. The Balaban J connectivity index is 2.36. The number of thiazole rings is 1. The Morgan fingerprint density at radius 2 is 1.83 bits per heavy atom. The van der Waals surface area contributed by atoms with Crippen LogP contribution in [0.4, 0.5) is 0 Å². The van der Waals surface area contributed by atoms with Crippen molar-refractivity contribution in [1.82, 2.24) is 4.57 Å². The number of nitrogens with zero attached hydrogens (tertiary/aromatic N) is 1. The van der Waals surface area contributed by atoms with Gasteiger partial charge in [0.05, 0.1) is 6.54 Å². The Hall–Kier alpha value is -1.68. The van der Waals surface area contributed by atoms with E-state index in [2.05, 4.69) is 0 Å². The first kappa shape index (κ1) is 12.8. The highest BCUT2D eigenvalue weighted by molar-refractivity contribution is 7.07. The van der Waals surface area contributed by atoms with Crippen LogP contribution in [0.1, 0.15) is 27.0 Å². The maximum absolute atomic E-state index is 12.3. The molecule has 0 bridgehead atoms. The number of hydrogen-bond acceptors (Lipinski definition) is 3. The molecular weight excluding hydrogens is 246 g/mol. The summed E-state index contributed by atoms with van der Waals surface area (Å²) in [5, 5.41) is 1.70. The predicted molar refractivity (Wildman–Crippen MR) is 73.6 cm³/mol. The maximum Gasteiger partial charge on any atom is 0.307 e. The standard InChI is InChI=1S/C14H15NO2S/c1-9-6-10(2)13(11(3)7-9)12(16)8-15-4-5-18-14(15)17/h4-7H,8H2,1-3H3. The number of carbonyl (C=O) groups is 1. The molecule has 0 fully saturated rings. The fraction of sp³-hybridized carbons (Fsp3) is 0.286. The van der Waals surface area contributed by atoms with E-state index in [4.69, 9.17) is 0 Å².